The van der Waals surface area contributed by atoms with Crippen molar-refractivity contribution >= 4 is 29.1 Å². The number of benzene rings is 1. The van der Waals surface area contributed by atoms with E-state index in [0.717, 1.165) is 19.3 Å². The van der Waals surface area contributed by atoms with E-state index in [9.17, 15) is 19.5 Å². The molecule has 0 radical (unpaired) electrons. The summed E-state index contributed by atoms with van der Waals surface area (Å²) in [4.78, 5) is 44.9. The van der Waals surface area contributed by atoms with Crippen molar-refractivity contribution < 1.29 is 38.4 Å². The van der Waals surface area contributed by atoms with Crippen molar-refractivity contribution in [2.75, 3.05) is 20.8 Å². The average molecular weight is 583 g/mol. The fourth-order valence-electron chi connectivity index (χ4n) is 4.79. The average Bonchev–Trinajstić information content (AvgIpc) is 3.50. The van der Waals surface area contributed by atoms with Crippen LogP contribution in [-0.2, 0) is 19.1 Å². The molecule has 12 heteroatoms. The lowest BCUT2D eigenvalue weighted by Crippen LogP contribution is -2.49. The summed E-state index contributed by atoms with van der Waals surface area (Å²) in [5.41, 5.74) is 1.02. The largest absolute Gasteiger partial charge is 0.497 e. The monoisotopic (exact) mass is 582 g/mol. The molecule has 42 heavy (non-hydrogen) atoms. The van der Waals surface area contributed by atoms with Gasteiger partial charge in [-0.1, -0.05) is 26.7 Å². The molecule has 2 heterocycles. The van der Waals surface area contributed by atoms with Crippen molar-refractivity contribution in [1.82, 2.24) is 20.6 Å². The third kappa shape index (κ3) is 8.00. The number of carboxylic acid groups (broad SMARTS) is 1. The van der Waals surface area contributed by atoms with Crippen LogP contribution in [0.1, 0.15) is 58.6 Å². The summed E-state index contributed by atoms with van der Waals surface area (Å²) in [7, 11) is 2.93. The first kappa shape index (κ1) is 30.8. The summed E-state index contributed by atoms with van der Waals surface area (Å²) in [6.45, 7) is 5.69. The lowest BCUT2D eigenvalue weighted by Gasteiger charge is -2.27. The van der Waals surface area contributed by atoms with E-state index in [2.05, 4.69) is 32.4 Å². The van der Waals surface area contributed by atoms with E-state index in [1.165, 1.54) is 7.11 Å². The van der Waals surface area contributed by atoms with Crippen LogP contribution in [0.5, 0.6) is 11.6 Å². The van der Waals surface area contributed by atoms with Gasteiger partial charge in [-0.15, -0.1) is 0 Å². The number of carbonyl (C=O) groups excluding carboxylic acids is 2. The van der Waals surface area contributed by atoms with Crippen LogP contribution in [0, 0.1) is 23.2 Å². The van der Waals surface area contributed by atoms with Crippen LogP contribution in [-0.4, -0.2) is 78.2 Å². The number of esters is 1. The van der Waals surface area contributed by atoms with Crippen LogP contribution in [0.15, 0.2) is 18.2 Å². The van der Waals surface area contributed by atoms with Gasteiger partial charge in [-0.05, 0) is 48.6 Å². The molecule has 2 fully saturated rings. The molecule has 226 valence electrons. The Labute approximate surface area is 244 Å². The first-order valence-corrected chi connectivity index (χ1v) is 14.0. The van der Waals surface area contributed by atoms with Gasteiger partial charge in [0.25, 0.3) is 0 Å². The van der Waals surface area contributed by atoms with E-state index in [4.69, 9.17) is 18.9 Å². The Morgan fingerprint density at radius 2 is 1.95 bits per heavy atom. The van der Waals surface area contributed by atoms with Crippen LogP contribution in [0.25, 0.3) is 11.0 Å². The van der Waals surface area contributed by atoms with Gasteiger partial charge >= 0.3 is 18.0 Å². The van der Waals surface area contributed by atoms with Crippen LogP contribution < -0.4 is 20.1 Å². The predicted molar refractivity (Wildman–Crippen MR) is 152 cm³/mol. The van der Waals surface area contributed by atoms with Gasteiger partial charge in [-0.3, -0.25) is 4.79 Å². The molecule has 2 aromatic rings. The first-order chi connectivity index (χ1) is 20.0. The lowest BCUT2D eigenvalue weighted by molar-refractivity contribution is -0.143. The number of methoxy groups -OCH3 is 2. The highest BCUT2D eigenvalue weighted by atomic mass is 16.6. The number of unbranched alkanes of at least 4 members (excludes halogenated alkanes) is 1. The van der Waals surface area contributed by atoms with Crippen molar-refractivity contribution in [3.05, 3.63) is 23.9 Å². The number of aromatic nitrogens is 2. The maximum absolute atomic E-state index is 12.2. The zero-order chi connectivity index (χ0) is 30.4. The van der Waals surface area contributed by atoms with Gasteiger partial charge in [-0.2, -0.15) is 0 Å². The predicted octanol–water partition coefficient (Wildman–Crippen LogP) is 3.06. The van der Waals surface area contributed by atoms with Crippen molar-refractivity contribution in [3.63, 3.8) is 0 Å². The number of nitrogens with one attached hydrogen (secondary N) is 2. The number of rotatable bonds is 10. The number of ether oxygens (including phenoxy) is 4. The van der Waals surface area contributed by atoms with Gasteiger partial charge in [0.2, 0.25) is 5.88 Å². The van der Waals surface area contributed by atoms with Crippen molar-refractivity contribution in [3.8, 4) is 23.5 Å². The fourth-order valence-corrected chi connectivity index (χ4v) is 4.79. The molecule has 1 aromatic carbocycles. The Balaban J connectivity index is 1.33. The van der Waals surface area contributed by atoms with Gasteiger partial charge in [0.1, 0.15) is 30.0 Å². The minimum absolute atomic E-state index is 0.218. The summed E-state index contributed by atoms with van der Waals surface area (Å²) in [6, 6.07) is 3.91. The normalized spacial score (nSPS) is 21.9. The summed E-state index contributed by atoms with van der Waals surface area (Å²) in [5, 5.41) is 14.9. The Bertz CT molecular complexity index is 1380. The maximum atomic E-state index is 12.2. The first-order valence-electron chi connectivity index (χ1n) is 14.0. The van der Waals surface area contributed by atoms with Gasteiger partial charge < -0.3 is 34.7 Å². The zero-order valence-electron chi connectivity index (χ0n) is 24.6. The summed E-state index contributed by atoms with van der Waals surface area (Å²) >= 11 is 0. The summed E-state index contributed by atoms with van der Waals surface area (Å²) in [5.74, 6) is 5.97. The Morgan fingerprint density at radius 3 is 2.64 bits per heavy atom. The van der Waals surface area contributed by atoms with Crippen molar-refractivity contribution in [2.24, 2.45) is 11.3 Å². The molecule has 12 nitrogen and oxygen atoms in total. The quantitative estimate of drug-likeness (QED) is 0.215. The summed E-state index contributed by atoms with van der Waals surface area (Å²) < 4.78 is 21.7. The topological polar surface area (TPSA) is 158 Å². The minimum atomic E-state index is -1.10. The lowest BCUT2D eigenvalue weighted by atomic mass is 9.87. The smallest absolute Gasteiger partial charge is 0.408 e. The fraction of sp³-hybridized carbons (Fsp3) is 0.567. The Hall–Kier alpha value is -4.11. The third-order valence-corrected chi connectivity index (χ3v) is 7.27. The molecule has 2 aliphatic rings. The number of nitrogens with zero attached hydrogens (tertiary/aromatic N) is 2. The number of carbonyl (C=O) groups is 3. The molecular formula is C30H38N4O8. The molecule has 5 atom stereocenters. The van der Waals surface area contributed by atoms with Crippen molar-refractivity contribution in [1.29, 1.82) is 0 Å². The highest BCUT2D eigenvalue weighted by Crippen LogP contribution is 2.38. The van der Waals surface area contributed by atoms with E-state index >= 15 is 0 Å². The van der Waals surface area contributed by atoms with E-state index in [1.54, 1.807) is 40.0 Å². The molecule has 3 N–H and O–H groups in total. The second-order valence-electron chi connectivity index (χ2n) is 11.6. The zero-order valence-corrected chi connectivity index (χ0v) is 24.6. The minimum Gasteiger partial charge on any atom is -0.497 e. The molecule has 1 aromatic heterocycles. The van der Waals surface area contributed by atoms with E-state index in [1.807, 2.05) is 6.07 Å². The highest BCUT2D eigenvalue weighted by molar-refractivity contribution is 5.81. The number of alkyl carbamates (subject to hydrolysis) is 1. The Morgan fingerprint density at radius 1 is 1.17 bits per heavy atom. The van der Waals surface area contributed by atoms with Gasteiger partial charge in [0.05, 0.1) is 25.3 Å². The number of amides is 1. The molecule has 1 aliphatic carbocycles. The van der Waals surface area contributed by atoms with Crippen LogP contribution in [0.3, 0.4) is 0 Å². The standard InChI is InChI=1S/C30H38N4O8/c1-30(2,3)25(27(35)36)34-29(38)42-24-13-17(24)9-7-6-8-10-21-26(41-19-15-23(31-16-19)28(37)40-5)33-22-14-18(39-4)11-12-20(22)32-21/h11-12,14,17,19,23-25,31H,6-7,9,13,15-16H2,1-5H3,(H,34,38)(H,35,36)/t17-,19?,23+,24-,25?/m1/s1. The molecule has 1 saturated heterocycles. The molecule has 1 aliphatic heterocycles. The second-order valence-corrected chi connectivity index (χ2v) is 11.6. The SMILES string of the molecule is COC(=O)[C@@H]1CC(Oc2nc3cc(OC)ccc3nc2C#CCCC[C@@H]2C[C@H]2OC(=O)NC(C(=O)O)C(C)(C)C)CN1. The molecule has 0 spiro atoms. The molecule has 0 bridgehead atoms. The Kier molecular flexibility index (Phi) is 9.73. The molecule has 1 saturated carbocycles. The second kappa shape index (κ2) is 13.2. The molecular weight excluding hydrogens is 544 g/mol. The highest BCUT2D eigenvalue weighted by Gasteiger charge is 2.41. The van der Waals surface area contributed by atoms with Gasteiger partial charge in [-0.25, -0.2) is 19.6 Å². The number of carboxylic acids is 1. The molecule has 1 amide bonds. The molecule has 4 rings (SSSR count). The van der Waals surface area contributed by atoms with E-state index in [0.29, 0.717) is 41.9 Å². The third-order valence-electron chi connectivity index (χ3n) is 7.27. The number of hydrogen-bond acceptors (Lipinski definition) is 10. The van der Waals surface area contributed by atoms with E-state index < -0.39 is 29.6 Å². The van der Waals surface area contributed by atoms with Crippen molar-refractivity contribution in [2.45, 2.75) is 77.2 Å². The number of hydrogen-bond donors (Lipinski definition) is 3. The van der Waals surface area contributed by atoms with Crippen LogP contribution >= 0.6 is 0 Å². The van der Waals surface area contributed by atoms with Crippen LogP contribution in [0.4, 0.5) is 4.79 Å². The maximum Gasteiger partial charge on any atom is 0.408 e. The number of aliphatic carboxylic acids is 1. The van der Waals surface area contributed by atoms with Gasteiger partial charge in [0, 0.05) is 25.5 Å². The molecule has 2 unspecified atom stereocenters. The summed E-state index contributed by atoms with van der Waals surface area (Å²) in [6.07, 6.45) is 2.16. The van der Waals surface area contributed by atoms with Gasteiger partial charge in [0.15, 0.2) is 5.69 Å². The van der Waals surface area contributed by atoms with Crippen LogP contribution in [0.2, 0.25) is 0 Å². The van der Waals surface area contributed by atoms with E-state index in [-0.39, 0.29) is 30.0 Å². The number of fused-ring (bicyclic) bond motifs is 1.